The van der Waals surface area contributed by atoms with Crippen LogP contribution in [0, 0.1) is 0 Å². The number of anilines is 1. The van der Waals surface area contributed by atoms with Crippen molar-refractivity contribution in [2.24, 2.45) is 0 Å². The molecule has 1 aromatic carbocycles. The van der Waals surface area contributed by atoms with Crippen molar-refractivity contribution in [3.05, 3.63) is 50.6 Å². The Hall–Kier alpha value is -0.840. The number of hydrogen-bond acceptors (Lipinski definition) is 3. The van der Waals surface area contributed by atoms with Gasteiger partial charge in [0.05, 0.1) is 0 Å². The van der Waals surface area contributed by atoms with Crippen LogP contribution in [0.25, 0.3) is 0 Å². The monoisotopic (exact) mass is 336 g/mol. The van der Waals surface area contributed by atoms with Gasteiger partial charge >= 0.3 is 0 Å². The minimum Gasteiger partial charge on any atom is -0.384 e. The summed E-state index contributed by atoms with van der Waals surface area (Å²) in [6.45, 7) is 3.09. The van der Waals surface area contributed by atoms with Crippen LogP contribution in [0.1, 0.15) is 22.8 Å². The molecule has 1 atom stereocenters. The molecule has 1 aromatic heterocycles. The van der Waals surface area contributed by atoms with Crippen molar-refractivity contribution in [2.75, 3.05) is 18.4 Å². The van der Waals surface area contributed by atoms with E-state index in [9.17, 15) is 0 Å². The molecule has 0 fully saturated rings. The van der Waals surface area contributed by atoms with Crippen molar-refractivity contribution in [3.63, 3.8) is 0 Å². The van der Waals surface area contributed by atoms with Gasteiger partial charge in [-0.3, -0.25) is 0 Å². The molecule has 2 heterocycles. The summed E-state index contributed by atoms with van der Waals surface area (Å²) in [5.41, 5.74) is 2.79. The Morgan fingerprint density at radius 3 is 3.05 bits per heavy atom. The second-order valence-corrected chi connectivity index (χ2v) is 6.68. The van der Waals surface area contributed by atoms with E-state index in [1.165, 1.54) is 27.0 Å². The number of fused-ring (bicyclic) bond motifs is 1. The van der Waals surface area contributed by atoms with Crippen molar-refractivity contribution < 1.29 is 0 Å². The van der Waals surface area contributed by atoms with Crippen LogP contribution in [0.5, 0.6) is 0 Å². The third kappa shape index (κ3) is 3.02. The van der Waals surface area contributed by atoms with Gasteiger partial charge in [0.1, 0.15) is 0 Å². The topological polar surface area (TPSA) is 24.1 Å². The molecule has 0 aliphatic carbocycles. The molecule has 3 rings (SSSR count). The Morgan fingerprint density at radius 1 is 1.32 bits per heavy atom. The molecular formula is C15H17BrN2S. The molecule has 100 valence electrons. The van der Waals surface area contributed by atoms with E-state index in [1.54, 1.807) is 11.3 Å². The quantitative estimate of drug-likeness (QED) is 0.799. The van der Waals surface area contributed by atoms with E-state index in [2.05, 4.69) is 62.3 Å². The third-order valence-corrected chi connectivity index (χ3v) is 5.51. The molecule has 19 heavy (non-hydrogen) atoms. The summed E-state index contributed by atoms with van der Waals surface area (Å²) in [4.78, 5) is 1.38. The lowest BCUT2D eigenvalue weighted by molar-refractivity contribution is 0.595. The van der Waals surface area contributed by atoms with Gasteiger partial charge in [0.2, 0.25) is 0 Å². The molecule has 0 radical (unpaired) electrons. The molecular weight excluding hydrogens is 320 g/mol. The summed E-state index contributed by atoms with van der Waals surface area (Å²) in [7, 11) is 0. The van der Waals surface area contributed by atoms with Crippen molar-refractivity contribution in [3.8, 4) is 0 Å². The van der Waals surface area contributed by atoms with Gasteiger partial charge < -0.3 is 10.6 Å². The molecule has 2 nitrogen and oxygen atoms in total. The summed E-state index contributed by atoms with van der Waals surface area (Å²) >= 11 is 5.37. The summed E-state index contributed by atoms with van der Waals surface area (Å²) in [6.07, 6.45) is 1.19. The van der Waals surface area contributed by atoms with Crippen LogP contribution in [0.15, 0.2) is 40.2 Å². The Balaban J connectivity index is 1.48. The fourth-order valence-corrected chi connectivity index (χ4v) is 4.01. The highest BCUT2D eigenvalue weighted by atomic mass is 79.9. The van der Waals surface area contributed by atoms with E-state index in [0.717, 1.165) is 19.6 Å². The van der Waals surface area contributed by atoms with E-state index in [4.69, 9.17) is 0 Å². The van der Waals surface area contributed by atoms with Gasteiger partial charge in [0, 0.05) is 34.0 Å². The molecule has 1 aliphatic rings. The van der Waals surface area contributed by atoms with Gasteiger partial charge in [-0.2, -0.15) is 0 Å². The van der Waals surface area contributed by atoms with E-state index in [1.807, 2.05) is 0 Å². The maximum absolute atomic E-state index is 3.57. The normalized spacial score (nSPS) is 17.2. The van der Waals surface area contributed by atoms with Crippen LogP contribution in [-0.2, 0) is 6.54 Å². The Labute approximate surface area is 126 Å². The molecule has 0 saturated carbocycles. The number of hydrogen-bond donors (Lipinski definition) is 2. The number of benzene rings is 1. The Kier molecular flexibility index (Phi) is 4.21. The van der Waals surface area contributed by atoms with Gasteiger partial charge in [-0.25, -0.2) is 0 Å². The predicted octanol–water partition coefficient (Wildman–Crippen LogP) is 4.20. The first kappa shape index (κ1) is 13.2. The highest BCUT2D eigenvalue weighted by Gasteiger charge is 2.20. The number of halogens is 1. The lowest BCUT2D eigenvalue weighted by atomic mass is 9.98. The van der Waals surface area contributed by atoms with Crippen LogP contribution in [0.4, 0.5) is 5.69 Å². The first-order valence-electron chi connectivity index (χ1n) is 6.60. The average Bonchev–Trinajstić information content (AvgIpc) is 3.02. The van der Waals surface area contributed by atoms with Crippen LogP contribution >= 0.6 is 27.3 Å². The highest BCUT2D eigenvalue weighted by Crippen LogP contribution is 2.32. The van der Waals surface area contributed by atoms with Crippen LogP contribution in [0.2, 0.25) is 0 Å². The fourth-order valence-electron chi connectivity index (χ4n) is 2.54. The predicted molar refractivity (Wildman–Crippen MR) is 86.0 cm³/mol. The molecule has 2 aromatic rings. The molecule has 0 bridgehead atoms. The smallest absolute Gasteiger partial charge is 0.0376 e. The van der Waals surface area contributed by atoms with Crippen molar-refractivity contribution in [2.45, 2.75) is 18.9 Å². The molecule has 1 unspecified atom stereocenters. The summed E-state index contributed by atoms with van der Waals surface area (Å²) in [6, 6.07) is 10.8. The lowest BCUT2D eigenvalue weighted by Crippen LogP contribution is -2.17. The minimum atomic E-state index is 0.649. The average molecular weight is 337 g/mol. The van der Waals surface area contributed by atoms with Crippen molar-refractivity contribution in [1.29, 1.82) is 0 Å². The molecule has 4 heteroatoms. The molecule has 0 spiro atoms. The minimum absolute atomic E-state index is 0.649. The molecule has 0 saturated heterocycles. The van der Waals surface area contributed by atoms with Crippen LogP contribution < -0.4 is 10.6 Å². The highest BCUT2D eigenvalue weighted by molar-refractivity contribution is 9.10. The largest absolute Gasteiger partial charge is 0.384 e. The number of rotatable bonds is 5. The summed E-state index contributed by atoms with van der Waals surface area (Å²) < 4.78 is 1.22. The van der Waals surface area contributed by atoms with Crippen molar-refractivity contribution >= 4 is 33.0 Å². The maximum Gasteiger partial charge on any atom is 0.0376 e. The van der Waals surface area contributed by atoms with E-state index in [-0.39, 0.29) is 0 Å². The number of thiophene rings is 1. The second-order valence-electron chi connectivity index (χ2n) is 4.82. The fraction of sp³-hybridized carbons (Fsp3) is 0.333. The maximum atomic E-state index is 3.57. The second kappa shape index (κ2) is 6.07. The van der Waals surface area contributed by atoms with E-state index >= 15 is 0 Å². The number of para-hydroxylation sites is 1. The SMILES string of the molecule is Brc1ccsc1CNCCC1CNc2ccccc21. The van der Waals surface area contributed by atoms with E-state index < -0.39 is 0 Å². The van der Waals surface area contributed by atoms with E-state index in [0.29, 0.717) is 5.92 Å². The van der Waals surface area contributed by atoms with Gasteiger partial charge in [0.15, 0.2) is 0 Å². The molecule has 1 aliphatic heterocycles. The summed E-state index contributed by atoms with van der Waals surface area (Å²) in [5.74, 6) is 0.649. The Bertz CT molecular complexity index is 553. The van der Waals surface area contributed by atoms with Gasteiger partial charge in [-0.1, -0.05) is 18.2 Å². The standard InChI is InChI=1S/C15H17BrN2S/c16-13-6-8-19-15(13)10-17-7-5-11-9-18-14-4-2-1-3-12(11)14/h1-4,6,8,11,17-18H,5,7,9-10H2. The zero-order valence-corrected chi connectivity index (χ0v) is 13.1. The number of nitrogens with one attached hydrogen (secondary N) is 2. The summed E-state index contributed by atoms with van der Waals surface area (Å²) in [5, 5.41) is 9.14. The van der Waals surface area contributed by atoms with Gasteiger partial charge in [-0.15, -0.1) is 11.3 Å². The first-order valence-corrected chi connectivity index (χ1v) is 8.27. The Morgan fingerprint density at radius 2 is 2.21 bits per heavy atom. The van der Waals surface area contributed by atoms with Crippen LogP contribution in [-0.4, -0.2) is 13.1 Å². The first-order chi connectivity index (χ1) is 9.34. The van der Waals surface area contributed by atoms with Gasteiger partial charge in [0.25, 0.3) is 0 Å². The zero-order valence-electron chi connectivity index (χ0n) is 10.7. The zero-order chi connectivity index (χ0) is 13.1. The van der Waals surface area contributed by atoms with Gasteiger partial charge in [-0.05, 0) is 52.0 Å². The van der Waals surface area contributed by atoms with Crippen molar-refractivity contribution in [1.82, 2.24) is 5.32 Å². The lowest BCUT2D eigenvalue weighted by Gasteiger charge is -2.10. The van der Waals surface area contributed by atoms with Crippen LogP contribution in [0.3, 0.4) is 0 Å². The third-order valence-electron chi connectivity index (χ3n) is 3.59. The molecule has 0 amide bonds. The molecule has 2 N–H and O–H groups in total.